The molecular weight excluding hydrogens is 302 g/mol. The number of likely N-dealkylation sites (tertiary alicyclic amines) is 1. The number of carbonyl (C=O) groups is 1. The number of aromatic amines is 1. The van der Waals surface area contributed by atoms with Crippen molar-refractivity contribution in [2.45, 2.75) is 26.2 Å². The molecule has 1 aromatic carbocycles. The van der Waals surface area contributed by atoms with Gasteiger partial charge in [-0.2, -0.15) is 5.10 Å². The van der Waals surface area contributed by atoms with E-state index in [1.165, 1.54) is 6.42 Å². The minimum absolute atomic E-state index is 0.116. The number of aromatic nitrogens is 3. The van der Waals surface area contributed by atoms with Crippen LogP contribution in [0.25, 0.3) is 11.4 Å². The molecule has 126 valence electrons. The minimum Gasteiger partial charge on any atom is -0.339 e. The fourth-order valence-electron chi connectivity index (χ4n) is 3.85. The second kappa shape index (κ2) is 6.02. The molecule has 4 rings (SSSR count). The first-order valence-corrected chi connectivity index (χ1v) is 8.65. The van der Waals surface area contributed by atoms with Crippen LogP contribution < -0.4 is 5.32 Å². The Labute approximate surface area is 141 Å². The number of hydrogen-bond acceptors (Lipinski definition) is 4. The number of aryl methyl sites for hydroxylation is 1. The molecule has 6 heteroatoms. The molecule has 0 saturated carbocycles. The van der Waals surface area contributed by atoms with Gasteiger partial charge in [-0.05, 0) is 50.3 Å². The molecule has 0 aliphatic carbocycles. The van der Waals surface area contributed by atoms with E-state index in [0.717, 1.165) is 56.0 Å². The van der Waals surface area contributed by atoms with Crippen LogP contribution in [0.4, 0.5) is 0 Å². The summed E-state index contributed by atoms with van der Waals surface area (Å²) in [6.45, 7) is 5.79. The summed E-state index contributed by atoms with van der Waals surface area (Å²) in [6.07, 6.45) is 3.45. The first-order valence-electron chi connectivity index (χ1n) is 8.65. The van der Waals surface area contributed by atoms with Crippen molar-refractivity contribution in [3.05, 3.63) is 35.7 Å². The predicted molar refractivity (Wildman–Crippen MR) is 91.6 cm³/mol. The number of amides is 1. The number of nitrogens with one attached hydrogen (secondary N) is 2. The second-order valence-corrected chi connectivity index (χ2v) is 7.04. The Morgan fingerprint density at radius 1 is 1.25 bits per heavy atom. The Morgan fingerprint density at radius 3 is 2.75 bits per heavy atom. The van der Waals surface area contributed by atoms with E-state index in [1.54, 1.807) is 0 Å². The van der Waals surface area contributed by atoms with Gasteiger partial charge in [-0.3, -0.25) is 9.89 Å². The number of rotatable bonds is 2. The third-order valence-corrected chi connectivity index (χ3v) is 5.41. The second-order valence-electron chi connectivity index (χ2n) is 7.04. The van der Waals surface area contributed by atoms with E-state index in [-0.39, 0.29) is 5.91 Å². The fraction of sp³-hybridized carbons (Fsp3) is 0.500. The monoisotopic (exact) mass is 325 g/mol. The molecule has 0 radical (unpaired) electrons. The minimum atomic E-state index is 0.116. The molecule has 0 bridgehead atoms. The van der Waals surface area contributed by atoms with Gasteiger partial charge in [0.05, 0.1) is 0 Å². The summed E-state index contributed by atoms with van der Waals surface area (Å²) in [4.78, 5) is 19.2. The van der Waals surface area contributed by atoms with E-state index in [9.17, 15) is 4.79 Å². The van der Waals surface area contributed by atoms with Crippen LogP contribution in [0.3, 0.4) is 0 Å². The summed E-state index contributed by atoms with van der Waals surface area (Å²) in [5.41, 5.74) is 2.02. The fourth-order valence-corrected chi connectivity index (χ4v) is 3.85. The van der Waals surface area contributed by atoms with E-state index in [0.29, 0.717) is 11.2 Å². The molecule has 1 aromatic heterocycles. The lowest BCUT2D eigenvalue weighted by molar-refractivity contribution is 0.0608. The van der Waals surface area contributed by atoms with E-state index in [1.807, 2.05) is 36.1 Å². The molecule has 6 nitrogen and oxygen atoms in total. The molecule has 3 heterocycles. The zero-order valence-corrected chi connectivity index (χ0v) is 14.0. The maximum Gasteiger partial charge on any atom is 0.253 e. The summed E-state index contributed by atoms with van der Waals surface area (Å²) in [5, 5.41) is 10.5. The van der Waals surface area contributed by atoms with Crippen LogP contribution in [0.1, 0.15) is 35.4 Å². The van der Waals surface area contributed by atoms with Crippen molar-refractivity contribution in [1.29, 1.82) is 0 Å². The standard InChI is InChI=1S/C18H23N5O/c1-13-20-16(22-21-13)14-3-2-4-15(11-14)17(24)23-9-6-18(7-10-23)5-8-19-12-18/h2-4,11,19H,5-10,12H2,1H3,(H,20,21,22). The highest BCUT2D eigenvalue weighted by Gasteiger charge is 2.38. The lowest BCUT2D eigenvalue weighted by Crippen LogP contribution is -2.44. The lowest BCUT2D eigenvalue weighted by Gasteiger charge is -2.38. The molecule has 2 N–H and O–H groups in total. The molecular formula is C18H23N5O. The molecule has 2 aliphatic heterocycles. The van der Waals surface area contributed by atoms with Gasteiger partial charge in [-0.25, -0.2) is 4.98 Å². The molecule has 0 unspecified atom stereocenters. The van der Waals surface area contributed by atoms with Gasteiger partial charge >= 0.3 is 0 Å². The normalized spacial score (nSPS) is 19.8. The van der Waals surface area contributed by atoms with Gasteiger partial charge in [-0.15, -0.1) is 0 Å². The number of nitrogens with zero attached hydrogens (tertiary/aromatic N) is 3. The summed E-state index contributed by atoms with van der Waals surface area (Å²) in [5.74, 6) is 1.52. The van der Waals surface area contributed by atoms with Gasteiger partial charge in [0, 0.05) is 30.8 Å². The third kappa shape index (κ3) is 2.82. The number of H-pyrrole nitrogens is 1. The van der Waals surface area contributed by atoms with Gasteiger partial charge in [0.15, 0.2) is 5.82 Å². The molecule has 2 aromatic rings. The Bertz CT molecular complexity index is 737. The van der Waals surface area contributed by atoms with E-state index in [2.05, 4.69) is 20.5 Å². The zero-order valence-electron chi connectivity index (χ0n) is 14.0. The number of hydrogen-bond donors (Lipinski definition) is 2. The van der Waals surface area contributed by atoms with Crippen LogP contribution in [0.15, 0.2) is 24.3 Å². The Morgan fingerprint density at radius 2 is 2.08 bits per heavy atom. The highest BCUT2D eigenvalue weighted by molar-refractivity contribution is 5.95. The van der Waals surface area contributed by atoms with Crippen LogP contribution in [0.2, 0.25) is 0 Å². The zero-order chi connectivity index (χ0) is 16.6. The maximum atomic E-state index is 12.9. The Balaban J connectivity index is 1.49. The highest BCUT2D eigenvalue weighted by atomic mass is 16.2. The van der Waals surface area contributed by atoms with Crippen molar-refractivity contribution in [2.24, 2.45) is 5.41 Å². The van der Waals surface area contributed by atoms with Gasteiger partial charge in [-0.1, -0.05) is 12.1 Å². The smallest absolute Gasteiger partial charge is 0.253 e. The first kappa shape index (κ1) is 15.3. The van der Waals surface area contributed by atoms with Crippen LogP contribution >= 0.6 is 0 Å². The van der Waals surface area contributed by atoms with Crippen molar-refractivity contribution in [2.75, 3.05) is 26.2 Å². The molecule has 1 spiro atoms. The third-order valence-electron chi connectivity index (χ3n) is 5.41. The summed E-state index contributed by atoms with van der Waals surface area (Å²) >= 11 is 0. The summed E-state index contributed by atoms with van der Waals surface area (Å²) < 4.78 is 0. The van der Waals surface area contributed by atoms with Crippen LogP contribution in [-0.2, 0) is 0 Å². The lowest BCUT2D eigenvalue weighted by atomic mass is 9.78. The quantitative estimate of drug-likeness (QED) is 0.886. The number of benzene rings is 1. The van der Waals surface area contributed by atoms with Gasteiger partial charge < -0.3 is 10.2 Å². The molecule has 2 aliphatic rings. The summed E-state index contributed by atoms with van der Waals surface area (Å²) in [6, 6.07) is 7.62. The van der Waals surface area contributed by atoms with Crippen LogP contribution in [-0.4, -0.2) is 52.2 Å². The SMILES string of the molecule is Cc1nc(-c2cccc(C(=O)N3CCC4(CCNC4)CC3)c2)n[nH]1. The Hall–Kier alpha value is -2.21. The van der Waals surface area contributed by atoms with E-state index in [4.69, 9.17) is 0 Å². The first-order chi connectivity index (χ1) is 11.7. The average molecular weight is 325 g/mol. The van der Waals surface area contributed by atoms with E-state index < -0.39 is 0 Å². The van der Waals surface area contributed by atoms with Crippen molar-refractivity contribution >= 4 is 5.91 Å². The largest absolute Gasteiger partial charge is 0.339 e. The number of carbonyl (C=O) groups excluding carboxylic acids is 1. The van der Waals surface area contributed by atoms with Gasteiger partial charge in [0.2, 0.25) is 0 Å². The topological polar surface area (TPSA) is 73.9 Å². The maximum absolute atomic E-state index is 12.9. The van der Waals surface area contributed by atoms with Gasteiger partial charge in [0.1, 0.15) is 5.82 Å². The molecule has 2 fully saturated rings. The van der Waals surface area contributed by atoms with Crippen molar-refractivity contribution < 1.29 is 4.79 Å². The average Bonchev–Trinajstić information content (AvgIpc) is 3.25. The summed E-state index contributed by atoms with van der Waals surface area (Å²) in [7, 11) is 0. The van der Waals surface area contributed by atoms with Gasteiger partial charge in [0.25, 0.3) is 5.91 Å². The van der Waals surface area contributed by atoms with E-state index >= 15 is 0 Å². The van der Waals surface area contributed by atoms with Crippen molar-refractivity contribution in [1.82, 2.24) is 25.4 Å². The molecule has 24 heavy (non-hydrogen) atoms. The molecule has 2 saturated heterocycles. The highest BCUT2D eigenvalue weighted by Crippen LogP contribution is 2.37. The Kier molecular flexibility index (Phi) is 3.84. The molecule has 0 atom stereocenters. The van der Waals surface area contributed by atoms with Crippen molar-refractivity contribution in [3.63, 3.8) is 0 Å². The van der Waals surface area contributed by atoms with Crippen LogP contribution in [0.5, 0.6) is 0 Å². The number of piperidine rings is 1. The van der Waals surface area contributed by atoms with Crippen molar-refractivity contribution in [3.8, 4) is 11.4 Å². The van der Waals surface area contributed by atoms with Crippen LogP contribution in [0, 0.1) is 12.3 Å². The molecule has 1 amide bonds. The predicted octanol–water partition coefficient (Wildman–Crippen LogP) is 2.00.